The van der Waals surface area contributed by atoms with Crippen LogP contribution in [-0.4, -0.2) is 36.1 Å². The van der Waals surface area contributed by atoms with Crippen molar-refractivity contribution in [3.05, 3.63) is 22.4 Å². The fraction of sp³-hybridized carbons (Fsp3) is 0.500. The van der Waals surface area contributed by atoms with E-state index in [0.717, 1.165) is 6.42 Å². The Labute approximate surface area is 88.0 Å². The molecule has 0 fully saturated rings. The summed E-state index contributed by atoms with van der Waals surface area (Å²) in [5.74, 6) is 0.0902. The van der Waals surface area contributed by atoms with Crippen molar-refractivity contribution >= 4 is 17.2 Å². The Kier molecular flexibility index (Phi) is 4.62. The number of carbonyl (C=O) groups is 1. The van der Waals surface area contributed by atoms with Crippen molar-refractivity contribution in [2.75, 3.05) is 20.2 Å². The first-order chi connectivity index (χ1) is 6.74. The van der Waals surface area contributed by atoms with Gasteiger partial charge in [-0.05, 0) is 17.9 Å². The van der Waals surface area contributed by atoms with Gasteiger partial charge in [0.05, 0.1) is 6.61 Å². The van der Waals surface area contributed by atoms with Gasteiger partial charge in [0, 0.05) is 24.9 Å². The smallest absolute Gasteiger partial charge is 0.222 e. The van der Waals surface area contributed by atoms with Gasteiger partial charge >= 0.3 is 0 Å². The standard InChI is InChI=1S/C10H15NO2S/c1-11(6-7-12)10(13)5-4-9-3-2-8-14-9/h2-3,8,12H,4-7H2,1H3. The molecule has 0 radical (unpaired) electrons. The predicted molar refractivity (Wildman–Crippen MR) is 57.4 cm³/mol. The lowest BCUT2D eigenvalue weighted by molar-refractivity contribution is -0.130. The van der Waals surface area contributed by atoms with Crippen LogP contribution in [0, 0.1) is 0 Å². The van der Waals surface area contributed by atoms with Crippen LogP contribution in [0.2, 0.25) is 0 Å². The monoisotopic (exact) mass is 213 g/mol. The Hall–Kier alpha value is -0.870. The molecule has 1 heterocycles. The van der Waals surface area contributed by atoms with E-state index in [2.05, 4.69) is 0 Å². The number of hydrogen-bond donors (Lipinski definition) is 1. The normalized spacial score (nSPS) is 10.1. The summed E-state index contributed by atoms with van der Waals surface area (Å²) in [5.41, 5.74) is 0. The van der Waals surface area contributed by atoms with Crippen LogP contribution in [0.15, 0.2) is 17.5 Å². The van der Waals surface area contributed by atoms with Crippen molar-refractivity contribution < 1.29 is 9.90 Å². The van der Waals surface area contributed by atoms with E-state index in [0.29, 0.717) is 13.0 Å². The van der Waals surface area contributed by atoms with E-state index in [1.165, 1.54) is 4.88 Å². The third-order valence-electron chi connectivity index (χ3n) is 2.03. The van der Waals surface area contributed by atoms with E-state index in [9.17, 15) is 4.79 Å². The third-order valence-corrected chi connectivity index (χ3v) is 2.96. The number of amides is 1. The Morgan fingerprint density at radius 2 is 2.43 bits per heavy atom. The molecule has 0 aromatic carbocycles. The van der Waals surface area contributed by atoms with Gasteiger partial charge in [-0.1, -0.05) is 6.07 Å². The number of hydrogen-bond acceptors (Lipinski definition) is 3. The maximum atomic E-state index is 11.4. The molecule has 0 saturated carbocycles. The van der Waals surface area contributed by atoms with Crippen molar-refractivity contribution in [1.82, 2.24) is 4.90 Å². The molecule has 1 aromatic heterocycles. The Balaban J connectivity index is 2.27. The van der Waals surface area contributed by atoms with Crippen LogP contribution in [0.25, 0.3) is 0 Å². The maximum absolute atomic E-state index is 11.4. The van der Waals surface area contributed by atoms with Crippen LogP contribution < -0.4 is 0 Å². The number of carbonyl (C=O) groups excluding carboxylic acids is 1. The minimum absolute atomic E-state index is 0.0290. The number of aliphatic hydroxyl groups excluding tert-OH is 1. The highest BCUT2D eigenvalue weighted by atomic mass is 32.1. The molecule has 14 heavy (non-hydrogen) atoms. The zero-order valence-corrected chi connectivity index (χ0v) is 9.09. The molecule has 1 amide bonds. The summed E-state index contributed by atoms with van der Waals surface area (Å²) in [4.78, 5) is 14.2. The molecule has 0 unspecified atom stereocenters. The molecule has 0 aliphatic carbocycles. The summed E-state index contributed by atoms with van der Waals surface area (Å²) in [6.07, 6.45) is 1.32. The van der Waals surface area contributed by atoms with E-state index in [-0.39, 0.29) is 12.5 Å². The van der Waals surface area contributed by atoms with Gasteiger partial charge in [-0.25, -0.2) is 0 Å². The Morgan fingerprint density at radius 3 is 3.00 bits per heavy atom. The molecular formula is C10H15NO2S. The topological polar surface area (TPSA) is 40.5 Å². The van der Waals surface area contributed by atoms with Gasteiger partial charge < -0.3 is 10.0 Å². The molecule has 4 heteroatoms. The Morgan fingerprint density at radius 1 is 1.64 bits per heavy atom. The second-order valence-corrected chi connectivity index (χ2v) is 4.15. The summed E-state index contributed by atoms with van der Waals surface area (Å²) < 4.78 is 0. The maximum Gasteiger partial charge on any atom is 0.222 e. The lowest BCUT2D eigenvalue weighted by atomic mass is 10.2. The zero-order chi connectivity index (χ0) is 10.4. The first-order valence-corrected chi connectivity index (χ1v) is 5.49. The first-order valence-electron chi connectivity index (χ1n) is 4.61. The molecule has 0 spiro atoms. The van der Waals surface area contributed by atoms with Crippen LogP contribution in [0.1, 0.15) is 11.3 Å². The summed E-state index contributed by atoms with van der Waals surface area (Å²) >= 11 is 1.67. The van der Waals surface area contributed by atoms with Crippen LogP contribution in [0.4, 0.5) is 0 Å². The van der Waals surface area contributed by atoms with Crippen molar-refractivity contribution in [2.24, 2.45) is 0 Å². The third kappa shape index (κ3) is 3.47. The molecule has 0 aliphatic rings. The number of nitrogens with zero attached hydrogens (tertiary/aromatic N) is 1. The molecule has 1 N–H and O–H groups in total. The van der Waals surface area contributed by atoms with Crippen LogP contribution in [-0.2, 0) is 11.2 Å². The van der Waals surface area contributed by atoms with Gasteiger partial charge in [0.1, 0.15) is 0 Å². The van der Waals surface area contributed by atoms with Gasteiger partial charge in [0.25, 0.3) is 0 Å². The van der Waals surface area contributed by atoms with Gasteiger partial charge in [-0.3, -0.25) is 4.79 Å². The number of rotatable bonds is 5. The highest BCUT2D eigenvalue weighted by Crippen LogP contribution is 2.11. The summed E-state index contributed by atoms with van der Waals surface area (Å²) in [6.45, 7) is 0.449. The van der Waals surface area contributed by atoms with E-state index in [1.54, 1.807) is 23.3 Å². The summed E-state index contributed by atoms with van der Waals surface area (Å²) in [6, 6.07) is 4.02. The van der Waals surface area contributed by atoms with Gasteiger partial charge in [-0.2, -0.15) is 0 Å². The van der Waals surface area contributed by atoms with Crippen LogP contribution >= 0.6 is 11.3 Å². The van der Waals surface area contributed by atoms with Crippen molar-refractivity contribution in [3.8, 4) is 0 Å². The minimum atomic E-state index is 0.0290. The average molecular weight is 213 g/mol. The minimum Gasteiger partial charge on any atom is -0.395 e. The molecule has 0 aliphatic heterocycles. The second kappa shape index (κ2) is 5.78. The molecule has 3 nitrogen and oxygen atoms in total. The molecule has 0 saturated heterocycles. The Bertz CT molecular complexity index is 272. The number of aryl methyl sites for hydroxylation is 1. The lowest BCUT2D eigenvalue weighted by Crippen LogP contribution is -2.29. The van der Waals surface area contributed by atoms with Gasteiger partial charge in [0.15, 0.2) is 0 Å². The van der Waals surface area contributed by atoms with Crippen LogP contribution in [0.3, 0.4) is 0 Å². The second-order valence-electron chi connectivity index (χ2n) is 3.12. The highest BCUT2D eigenvalue weighted by Gasteiger charge is 2.07. The molecule has 1 rings (SSSR count). The average Bonchev–Trinajstić information content (AvgIpc) is 2.67. The SMILES string of the molecule is CN(CCO)C(=O)CCc1cccs1. The predicted octanol–water partition coefficient (Wildman–Crippen LogP) is 1.13. The van der Waals surface area contributed by atoms with Gasteiger partial charge in [-0.15, -0.1) is 11.3 Å². The van der Waals surface area contributed by atoms with Crippen molar-refractivity contribution in [3.63, 3.8) is 0 Å². The lowest BCUT2D eigenvalue weighted by Gasteiger charge is -2.14. The molecular weight excluding hydrogens is 198 g/mol. The summed E-state index contributed by atoms with van der Waals surface area (Å²) in [5, 5.41) is 10.7. The molecule has 0 atom stereocenters. The van der Waals surface area contributed by atoms with E-state index in [1.807, 2.05) is 17.5 Å². The number of thiophene rings is 1. The van der Waals surface area contributed by atoms with E-state index >= 15 is 0 Å². The van der Waals surface area contributed by atoms with E-state index in [4.69, 9.17) is 5.11 Å². The van der Waals surface area contributed by atoms with Crippen LogP contribution in [0.5, 0.6) is 0 Å². The molecule has 78 valence electrons. The fourth-order valence-electron chi connectivity index (χ4n) is 1.15. The molecule has 1 aromatic rings. The summed E-state index contributed by atoms with van der Waals surface area (Å²) in [7, 11) is 1.72. The van der Waals surface area contributed by atoms with Crippen molar-refractivity contribution in [2.45, 2.75) is 12.8 Å². The number of aliphatic hydroxyl groups is 1. The van der Waals surface area contributed by atoms with E-state index < -0.39 is 0 Å². The van der Waals surface area contributed by atoms with Crippen molar-refractivity contribution in [1.29, 1.82) is 0 Å². The molecule has 0 bridgehead atoms. The largest absolute Gasteiger partial charge is 0.395 e. The van der Waals surface area contributed by atoms with Gasteiger partial charge in [0.2, 0.25) is 5.91 Å². The highest BCUT2D eigenvalue weighted by molar-refractivity contribution is 7.09. The fourth-order valence-corrected chi connectivity index (χ4v) is 1.86. The first kappa shape index (κ1) is 11.2. The number of likely N-dealkylation sites (N-methyl/N-ethyl adjacent to an activating group) is 1. The zero-order valence-electron chi connectivity index (χ0n) is 8.27. The quantitative estimate of drug-likeness (QED) is 0.796.